The molecule has 1 aliphatic heterocycles. The minimum atomic E-state index is -0.246. The molecule has 0 radical (unpaired) electrons. The Morgan fingerprint density at radius 2 is 0.900 bits per heavy atom. The van der Waals surface area contributed by atoms with E-state index in [9.17, 15) is 0 Å². The third-order valence-corrected chi connectivity index (χ3v) is 13.2. The highest BCUT2D eigenvalue weighted by atomic mass is 15.2. The number of hydrogen-bond donors (Lipinski definition) is 0. The van der Waals surface area contributed by atoms with Gasteiger partial charge in [-0.05, 0) is 104 Å². The largest absolute Gasteiger partial charge is 0.310 e. The Balaban J connectivity index is 1.14. The molecule has 2 aliphatic rings. The summed E-state index contributed by atoms with van der Waals surface area (Å²) < 4.78 is 0. The van der Waals surface area contributed by atoms with Crippen LogP contribution in [0.5, 0.6) is 0 Å². The van der Waals surface area contributed by atoms with Crippen molar-refractivity contribution in [3.8, 4) is 33.4 Å². The molecule has 0 N–H and O–H groups in total. The summed E-state index contributed by atoms with van der Waals surface area (Å²) in [5.74, 6) is 0. The molecule has 288 valence electrons. The minimum absolute atomic E-state index is 0.109. The van der Waals surface area contributed by atoms with E-state index in [2.05, 4.69) is 244 Å². The summed E-state index contributed by atoms with van der Waals surface area (Å²) in [7, 11) is 0. The van der Waals surface area contributed by atoms with Gasteiger partial charge in [0.2, 0.25) is 0 Å². The van der Waals surface area contributed by atoms with E-state index in [1.54, 1.807) is 0 Å². The highest BCUT2D eigenvalue weighted by Crippen LogP contribution is 2.57. The van der Waals surface area contributed by atoms with Crippen LogP contribution in [0.4, 0.5) is 34.1 Å². The van der Waals surface area contributed by atoms with Crippen molar-refractivity contribution >= 4 is 44.9 Å². The zero-order chi connectivity index (χ0) is 40.6. The van der Waals surface area contributed by atoms with Crippen molar-refractivity contribution < 1.29 is 0 Å². The van der Waals surface area contributed by atoms with Crippen molar-refractivity contribution in [1.29, 1.82) is 0 Å². The van der Waals surface area contributed by atoms with E-state index in [-0.39, 0.29) is 10.8 Å². The Bertz CT molecular complexity index is 3090. The van der Waals surface area contributed by atoms with E-state index in [4.69, 9.17) is 0 Å². The van der Waals surface area contributed by atoms with Gasteiger partial charge in [-0.25, -0.2) is 0 Å². The van der Waals surface area contributed by atoms with Gasteiger partial charge in [-0.15, -0.1) is 0 Å². The number of fused-ring (bicyclic) bond motifs is 6. The summed E-state index contributed by atoms with van der Waals surface area (Å²) in [4.78, 5) is 4.97. The van der Waals surface area contributed by atoms with Gasteiger partial charge in [0.25, 0.3) is 0 Å². The first kappa shape index (κ1) is 36.0. The van der Waals surface area contributed by atoms with E-state index in [1.807, 2.05) is 0 Å². The van der Waals surface area contributed by atoms with Crippen LogP contribution in [0.1, 0.15) is 49.9 Å². The quantitative estimate of drug-likeness (QED) is 0.166. The van der Waals surface area contributed by atoms with Crippen molar-refractivity contribution in [3.63, 3.8) is 0 Å². The summed E-state index contributed by atoms with van der Waals surface area (Å²) in [5, 5.41) is 2.44. The lowest BCUT2D eigenvalue weighted by Gasteiger charge is -2.43. The van der Waals surface area contributed by atoms with Gasteiger partial charge in [-0.3, -0.25) is 0 Å². The molecule has 0 spiro atoms. The second-order valence-electron chi connectivity index (χ2n) is 17.4. The standard InChI is InChI=1S/C58H46N2/c1-57(2)50-24-14-13-23-48(50)49-35-30-42(37-53(49)57)47-34-29-41-19-11-12-22-46(41)56(47)60-54-26-16-15-25-51(54)58(3,4)52-36-33-45(38-55(52)60)59(43-20-9-6-10-21-43)44-31-27-40(28-32-44)39-17-7-5-8-18-39/h5-38H,1-4H3. The fourth-order valence-electron chi connectivity index (χ4n) is 10.1. The van der Waals surface area contributed by atoms with Gasteiger partial charge in [0.1, 0.15) is 0 Å². The summed E-state index contributed by atoms with van der Waals surface area (Å²) in [6.07, 6.45) is 0. The smallest absolute Gasteiger partial charge is 0.0618 e. The Morgan fingerprint density at radius 3 is 1.70 bits per heavy atom. The van der Waals surface area contributed by atoms with Crippen LogP contribution < -0.4 is 9.80 Å². The van der Waals surface area contributed by atoms with Gasteiger partial charge in [0, 0.05) is 38.8 Å². The highest BCUT2D eigenvalue weighted by Gasteiger charge is 2.39. The van der Waals surface area contributed by atoms with Crippen molar-refractivity contribution in [3.05, 3.63) is 229 Å². The van der Waals surface area contributed by atoms with Gasteiger partial charge in [-0.2, -0.15) is 0 Å². The fourth-order valence-corrected chi connectivity index (χ4v) is 10.1. The van der Waals surface area contributed by atoms with Crippen LogP contribution in [0.3, 0.4) is 0 Å². The van der Waals surface area contributed by atoms with Crippen molar-refractivity contribution in [1.82, 2.24) is 0 Å². The highest BCUT2D eigenvalue weighted by molar-refractivity contribution is 6.08. The minimum Gasteiger partial charge on any atom is -0.310 e. The normalized spacial score (nSPS) is 14.2. The van der Waals surface area contributed by atoms with E-state index in [0.717, 1.165) is 17.1 Å². The third kappa shape index (κ3) is 5.55. The van der Waals surface area contributed by atoms with E-state index >= 15 is 0 Å². The van der Waals surface area contributed by atoms with Crippen LogP contribution in [0.2, 0.25) is 0 Å². The lowest BCUT2D eigenvalue weighted by Crippen LogP contribution is -2.31. The molecule has 0 aromatic heterocycles. The molecule has 1 heterocycles. The van der Waals surface area contributed by atoms with Gasteiger partial charge < -0.3 is 9.80 Å². The zero-order valence-corrected chi connectivity index (χ0v) is 34.5. The van der Waals surface area contributed by atoms with Gasteiger partial charge >= 0.3 is 0 Å². The topological polar surface area (TPSA) is 6.48 Å². The van der Waals surface area contributed by atoms with Crippen molar-refractivity contribution in [2.75, 3.05) is 9.80 Å². The predicted molar refractivity (Wildman–Crippen MR) is 254 cm³/mol. The molecular weight excluding hydrogens is 725 g/mol. The maximum Gasteiger partial charge on any atom is 0.0618 e. The molecule has 0 saturated heterocycles. The average Bonchev–Trinajstić information content (AvgIpc) is 3.52. The van der Waals surface area contributed by atoms with Crippen LogP contribution in [0, 0.1) is 0 Å². The molecule has 1 aliphatic carbocycles. The zero-order valence-electron chi connectivity index (χ0n) is 34.5. The lowest BCUT2D eigenvalue weighted by atomic mass is 9.73. The number of para-hydroxylation sites is 2. The molecule has 2 heteroatoms. The Hall–Kier alpha value is -7.16. The number of rotatable bonds is 6. The number of benzene rings is 9. The van der Waals surface area contributed by atoms with Crippen LogP contribution in [-0.4, -0.2) is 0 Å². The first-order valence-corrected chi connectivity index (χ1v) is 21.1. The van der Waals surface area contributed by atoms with Gasteiger partial charge in [0.15, 0.2) is 0 Å². The van der Waals surface area contributed by atoms with Gasteiger partial charge in [0.05, 0.1) is 17.1 Å². The SMILES string of the molecule is CC1(C)c2ccccc2-c2ccc(-c3ccc4ccccc4c3N3c4ccccc4C(C)(C)c4ccc(N(c5ccccc5)c5ccc(-c6ccccc6)cc5)cc43)cc21. The summed E-state index contributed by atoms with van der Waals surface area (Å²) >= 11 is 0. The second-order valence-corrected chi connectivity index (χ2v) is 17.4. The van der Waals surface area contributed by atoms with E-state index < -0.39 is 0 Å². The second kappa shape index (κ2) is 13.7. The fraction of sp³-hybridized carbons (Fsp3) is 0.103. The average molecular weight is 771 g/mol. The third-order valence-electron chi connectivity index (χ3n) is 13.2. The van der Waals surface area contributed by atoms with E-state index in [1.165, 1.54) is 83.5 Å². The molecule has 11 rings (SSSR count). The monoisotopic (exact) mass is 770 g/mol. The van der Waals surface area contributed by atoms with Crippen LogP contribution in [0.15, 0.2) is 206 Å². The molecule has 2 nitrogen and oxygen atoms in total. The van der Waals surface area contributed by atoms with Crippen molar-refractivity contribution in [2.45, 2.75) is 38.5 Å². The van der Waals surface area contributed by atoms with Crippen LogP contribution in [-0.2, 0) is 10.8 Å². The van der Waals surface area contributed by atoms with E-state index in [0.29, 0.717) is 0 Å². The molecule has 0 atom stereocenters. The Kier molecular flexibility index (Phi) is 8.22. The predicted octanol–water partition coefficient (Wildman–Crippen LogP) is 16.1. The van der Waals surface area contributed by atoms with Gasteiger partial charge in [-0.1, -0.05) is 185 Å². The summed E-state index contributed by atoms with van der Waals surface area (Å²) in [6, 6.07) is 76.1. The molecule has 0 fully saturated rings. The molecule has 0 saturated carbocycles. The molecule has 0 amide bonds. The first-order valence-electron chi connectivity index (χ1n) is 21.1. The van der Waals surface area contributed by atoms with Crippen molar-refractivity contribution in [2.24, 2.45) is 0 Å². The maximum atomic E-state index is 2.58. The summed E-state index contributed by atoms with van der Waals surface area (Å²) in [6.45, 7) is 9.50. The Morgan fingerprint density at radius 1 is 0.350 bits per heavy atom. The molecule has 9 aromatic rings. The number of nitrogens with zero attached hydrogens (tertiary/aromatic N) is 2. The molecular formula is C58H46N2. The van der Waals surface area contributed by atoms with Crippen LogP contribution >= 0.6 is 0 Å². The number of hydrogen-bond acceptors (Lipinski definition) is 2. The lowest BCUT2D eigenvalue weighted by molar-refractivity contribution is 0.632. The molecule has 60 heavy (non-hydrogen) atoms. The summed E-state index contributed by atoms with van der Waals surface area (Å²) in [5.41, 5.74) is 19.4. The molecule has 9 aromatic carbocycles. The van der Waals surface area contributed by atoms with Crippen LogP contribution in [0.25, 0.3) is 44.2 Å². The Labute approximate surface area is 353 Å². The maximum absolute atomic E-state index is 2.58. The molecule has 0 bridgehead atoms. The first-order chi connectivity index (χ1) is 29.3. The number of anilines is 6. The molecule has 0 unspecified atom stereocenters.